The predicted octanol–water partition coefficient (Wildman–Crippen LogP) is 5.69. The van der Waals surface area contributed by atoms with E-state index in [-0.39, 0.29) is 23.3 Å². The summed E-state index contributed by atoms with van der Waals surface area (Å²) in [7, 11) is 1.87. The maximum atomic E-state index is 15.3. The second-order valence-electron chi connectivity index (χ2n) is 10.7. The van der Waals surface area contributed by atoms with Crippen LogP contribution in [0.4, 0.5) is 15.2 Å². The fourth-order valence-electron chi connectivity index (χ4n) is 6.44. The van der Waals surface area contributed by atoms with Crippen LogP contribution in [0.25, 0.3) is 10.6 Å². The molecule has 202 valence electrons. The molecule has 2 aromatic rings. The molecular weight excluding hydrogens is 491 g/mol. The lowest BCUT2D eigenvalue weighted by Crippen LogP contribution is -2.50. The molecule has 0 spiro atoms. The molecule has 1 aromatic heterocycles. The first-order valence-corrected chi connectivity index (χ1v) is 14.7. The zero-order valence-electron chi connectivity index (χ0n) is 22.1. The second-order valence-corrected chi connectivity index (χ2v) is 11.6. The van der Waals surface area contributed by atoms with Crippen molar-refractivity contribution in [1.82, 2.24) is 10.2 Å². The van der Waals surface area contributed by atoms with E-state index in [0.717, 1.165) is 62.7 Å². The smallest absolute Gasteiger partial charge is 0.309 e. The average molecular weight is 531 g/mol. The summed E-state index contributed by atoms with van der Waals surface area (Å²) in [5, 5.41) is 9.99. The highest BCUT2D eigenvalue weighted by Crippen LogP contribution is 2.42. The fraction of sp³-hybridized carbons (Fsp3) is 0.679. The van der Waals surface area contributed by atoms with Gasteiger partial charge in [-0.15, -0.1) is 10.2 Å². The standard InChI is InChI=1S/C28H39FN4O3S/c1-3-36-26(34)20-11-15-33(16-12-20)27-31-30-25(37-27)23-10-9-22(19-24(23)29)32-17-13-28(35-2,14-18-32)21-7-5-4-6-8-21/h9-10,19-21H,3-8,11-18H2,1-2H3. The van der Waals surface area contributed by atoms with Gasteiger partial charge in [0.05, 0.1) is 18.1 Å². The molecule has 0 radical (unpaired) electrons. The van der Waals surface area contributed by atoms with Gasteiger partial charge in [0.2, 0.25) is 5.13 Å². The van der Waals surface area contributed by atoms with Crippen molar-refractivity contribution in [2.24, 2.45) is 11.8 Å². The van der Waals surface area contributed by atoms with Crippen LogP contribution in [-0.2, 0) is 14.3 Å². The molecule has 3 heterocycles. The molecule has 0 N–H and O–H groups in total. The summed E-state index contributed by atoms with van der Waals surface area (Å²) in [6, 6.07) is 5.48. The Hall–Kier alpha value is -2.26. The van der Waals surface area contributed by atoms with Crippen molar-refractivity contribution < 1.29 is 18.7 Å². The molecule has 2 saturated heterocycles. The maximum absolute atomic E-state index is 15.3. The molecule has 9 heteroatoms. The van der Waals surface area contributed by atoms with Crippen molar-refractivity contribution in [2.45, 2.75) is 70.3 Å². The van der Waals surface area contributed by atoms with Gasteiger partial charge in [-0.1, -0.05) is 30.6 Å². The number of carbonyl (C=O) groups is 1. The van der Waals surface area contributed by atoms with E-state index in [1.54, 1.807) is 6.07 Å². The molecule has 0 bridgehead atoms. The van der Waals surface area contributed by atoms with E-state index < -0.39 is 0 Å². The molecule has 0 amide bonds. The number of hydrogen-bond donors (Lipinski definition) is 0. The molecule has 2 aliphatic heterocycles. The Morgan fingerprint density at radius 3 is 2.43 bits per heavy atom. The van der Waals surface area contributed by atoms with E-state index in [9.17, 15) is 4.79 Å². The minimum atomic E-state index is -0.267. The van der Waals surface area contributed by atoms with E-state index >= 15 is 4.39 Å². The summed E-state index contributed by atoms with van der Waals surface area (Å²) < 4.78 is 26.6. The molecule has 3 fully saturated rings. The fourth-order valence-corrected chi connectivity index (χ4v) is 7.37. The van der Waals surface area contributed by atoms with Crippen LogP contribution in [0.2, 0.25) is 0 Å². The maximum Gasteiger partial charge on any atom is 0.309 e. The third kappa shape index (κ3) is 5.62. The molecule has 37 heavy (non-hydrogen) atoms. The Balaban J connectivity index is 1.20. The van der Waals surface area contributed by atoms with Crippen molar-refractivity contribution in [1.29, 1.82) is 0 Å². The van der Waals surface area contributed by atoms with Crippen molar-refractivity contribution in [3.63, 3.8) is 0 Å². The summed E-state index contributed by atoms with van der Waals surface area (Å²) in [4.78, 5) is 16.4. The third-order valence-corrected chi connectivity index (χ3v) is 9.73. The van der Waals surface area contributed by atoms with Gasteiger partial charge in [-0.25, -0.2) is 4.39 Å². The lowest BCUT2D eigenvalue weighted by atomic mass is 9.72. The Bertz CT molecular complexity index is 1060. The summed E-state index contributed by atoms with van der Waals surface area (Å²) >= 11 is 1.40. The number of esters is 1. The number of ether oxygens (including phenoxy) is 2. The first-order chi connectivity index (χ1) is 18.0. The van der Waals surface area contributed by atoms with Gasteiger partial charge in [-0.05, 0) is 69.6 Å². The molecular formula is C28H39FN4O3S. The first-order valence-electron chi connectivity index (χ1n) is 13.9. The number of hydrogen-bond acceptors (Lipinski definition) is 8. The zero-order chi connectivity index (χ0) is 25.8. The molecule has 7 nitrogen and oxygen atoms in total. The Kier molecular flexibility index (Phi) is 8.29. The van der Waals surface area contributed by atoms with E-state index in [1.165, 1.54) is 43.4 Å². The second kappa shape index (κ2) is 11.6. The Morgan fingerprint density at radius 1 is 1.05 bits per heavy atom. The van der Waals surface area contributed by atoms with Gasteiger partial charge >= 0.3 is 5.97 Å². The molecule has 1 aliphatic carbocycles. The number of rotatable bonds is 7. The third-order valence-electron chi connectivity index (χ3n) is 8.71. The topological polar surface area (TPSA) is 67.8 Å². The Labute approximate surface area is 223 Å². The van der Waals surface area contributed by atoms with Crippen molar-refractivity contribution >= 4 is 28.1 Å². The minimum Gasteiger partial charge on any atom is -0.466 e. The van der Waals surface area contributed by atoms with Crippen molar-refractivity contribution in [2.75, 3.05) is 49.7 Å². The first kappa shape index (κ1) is 26.4. The zero-order valence-corrected chi connectivity index (χ0v) is 22.9. The van der Waals surface area contributed by atoms with Crippen LogP contribution in [0, 0.1) is 17.7 Å². The number of aromatic nitrogens is 2. The molecule has 5 rings (SSSR count). The summed E-state index contributed by atoms with van der Waals surface area (Å²) in [6.45, 7) is 5.45. The molecule has 0 atom stereocenters. The van der Waals surface area contributed by atoms with Gasteiger partial charge < -0.3 is 19.3 Å². The molecule has 0 unspecified atom stereocenters. The minimum absolute atomic E-state index is 0.0247. The highest BCUT2D eigenvalue weighted by molar-refractivity contribution is 7.18. The monoisotopic (exact) mass is 530 g/mol. The van der Waals surface area contributed by atoms with Gasteiger partial charge in [0.1, 0.15) is 5.82 Å². The number of piperidine rings is 2. The van der Waals surface area contributed by atoms with Crippen LogP contribution in [0.5, 0.6) is 0 Å². The van der Waals surface area contributed by atoms with Crippen LogP contribution >= 0.6 is 11.3 Å². The number of halogens is 1. The van der Waals surface area contributed by atoms with E-state index in [0.29, 0.717) is 23.1 Å². The van der Waals surface area contributed by atoms with Crippen molar-refractivity contribution in [3.8, 4) is 10.6 Å². The summed E-state index contributed by atoms with van der Waals surface area (Å²) in [5.41, 5.74) is 1.38. The van der Waals surface area contributed by atoms with Gasteiger partial charge in [-0.2, -0.15) is 0 Å². The number of nitrogens with zero attached hydrogens (tertiary/aromatic N) is 4. The van der Waals surface area contributed by atoms with Crippen molar-refractivity contribution in [3.05, 3.63) is 24.0 Å². The van der Waals surface area contributed by atoms with E-state index in [1.807, 2.05) is 26.2 Å². The van der Waals surface area contributed by atoms with Gasteiger partial charge in [0.25, 0.3) is 0 Å². The van der Waals surface area contributed by atoms with Gasteiger partial charge in [-0.3, -0.25) is 4.79 Å². The largest absolute Gasteiger partial charge is 0.466 e. The van der Waals surface area contributed by atoms with E-state index in [2.05, 4.69) is 20.0 Å². The quantitative estimate of drug-likeness (QED) is 0.426. The summed E-state index contributed by atoms with van der Waals surface area (Å²) in [6.07, 6.45) is 9.95. The molecule has 1 saturated carbocycles. The van der Waals surface area contributed by atoms with Gasteiger partial charge in [0.15, 0.2) is 5.01 Å². The van der Waals surface area contributed by atoms with Crippen LogP contribution in [-0.4, -0.2) is 61.7 Å². The SMILES string of the molecule is CCOC(=O)C1CCN(c2nnc(-c3ccc(N4CCC(OC)(C5CCCCC5)CC4)cc3F)s2)CC1. The number of carbonyl (C=O) groups excluding carboxylic acids is 1. The highest BCUT2D eigenvalue weighted by atomic mass is 32.1. The molecule has 1 aromatic carbocycles. The van der Waals surface area contributed by atoms with Crippen LogP contribution in [0.1, 0.15) is 64.7 Å². The highest BCUT2D eigenvalue weighted by Gasteiger charge is 2.42. The number of methoxy groups -OCH3 is 1. The number of anilines is 2. The molecule has 3 aliphatic rings. The van der Waals surface area contributed by atoms with Crippen LogP contribution < -0.4 is 9.80 Å². The average Bonchev–Trinajstić information content (AvgIpc) is 3.44. The van der Waals surface area contributed by atoms with E-state index in [4.69, 9.17) is 9.47 Å². The lowest BCUT2D eigenvalue weighted by Gasteiger charge is -2.47. The van der Waals surface area contributed by atoms with Crippen LogP contribution in [0.3, 0.4) is 0 Å². The normalized spacial score (nSPS) is 21.3. The van der Waals surface area contributed by atoms with Gasteiger partial charge in [0, 0.05) is 44.5 Å². The summed E-state index contributed by atoms with van der Waals surface area (Å²) in [5.74, 6) is 0.213. The predicted molar refractivity (Wildman–Crippen MR) is 145 cm³/mol. The lowest BCUT2D eigenvalue weighted by molar-refractivity contribution is -0.148. The Morgan fingerprint density at radius 2 is 1.78 bits per heavy atom. The number of benzene rings is 1. The van der Waals surface area contributed by atoms with Crippen LogP contribution in [0.15, 0.2) is 18.2 Å².